The molecule has 4 aromatic rings. The predicted molar refractivity (Wildman–Crippen MR) is 127 cm³/mol. The third-order valence-corrected chi connectivity index (χ3v) is 6.35. The Morgan fingerprint density at radius 1 is 0.939 bits per heavy atom. The number of carbonyl (C=O) groups excluding carboxylic acids is 1. The van der Waals surface area contributed by atoms with Gasteiger partial charge in [0.05, 0.1) is 35.8 Å². The van der Waals surface area contributed by atoms with Gasteiger partial charge in [-0.1, -0.05) is 11.6 Å². The highest BCUT2D eigenvalue weighted by Crippen LogP contribution is 2.20. The van der Waals surface area contributed by atoms with Crippen LogP contribution in [-0.2, 0) is 10.0 Å². The molecule has 8 nitrogen and oxygen atoms in total. The maximum absolute atomic E-state index is 12.6. The van der Waals surface area contributed by atoms with Crippen molar-refractivity contribution >= 4 is 38.9 Å². The third-order valence-electron chi connectivity index (χ3n) is 4.70. The largest absolute Gasteiger partial charge is 0.497 e. The van der Waals surface area contributed by atoms with Gasteiger partial charge in [-0.05, 0) is 72.8 Å². The normalized spacial score (nSPS) is 11.1. The maximum atomic E-state index is 12.6. The molecule has 1 aromatic heterocycles. The van der Waals surface area contributed by atoms with Crippen LogP contribution in [0.3, 0.4) is 0 Å². The second-order valence-electron chi connectivity index (χ2n) is 6.96. The Labute approximate surface area is 195 Å². The summed E-state index contributed by atoms with van der Waals surface area (Å²) in [6.45, 7) is 0. The maximum Gasteiger partial charge on any atom is 0.261 e. The van der Waals surface area contributed by atoms with Crippen molar-refractivity contribution < 1.29 is 17.9 Å². The lowest BCUT2D eigenvalue weighted by molar-refractivity contribution is 0.102. The van der Waals surface area contributed by atoms with Crippen LogP contribution in [0.25, 0.3) is 5.69 Å². The molecule has 0 aliphatic heterocycles. The topological polar surface area (TPSA) is 102 Å². The molecule has 0 unspecified atom stereocenters. The molecule has 0 saturated carbocycles. The lowest BCUT2D eigenvalue weighted by Crippen LogP contribution is -2.14. The fourth-order valence-corrected chi connectivity index (χ4v) is 4.17. The monoisotopic (exact) mass is 482 g/mol. The summed E-state index contributed by atoms with van der Waals surface area (Å²) in [6, 6.07) is 19.3. The first-order chi connectivity index (χ1) is 15.8. The van der Waals surface area contributed by atoms with Gasteiger partial charge in [-0.25, -0.2) is 13.1 Å². The number of ether oxygens (including phenoxy) is 1. The van der Waals surface area contributed by atoms with E-state index in [0.29, 0.717) is 22.0 Å². The van der Waals surface area contributed by atoms with E-state index < -0.39 is 10.0 Å². The van der Waals surface area contributed by atoms with E-state index in [-0.39, 0.29) is 10.8 Å². The molecule has 168 valence electrons. The van der Waals surface area contributed by atoms with Gasteiger partial charge in [0.15, 0.2) is 0 Å². The smallest absolute Gasteiger partial charge is 0.261 e. The number of hydrogen-bond acceptors (Lipinski definition) is 5. The molecule has 0 bridgehead atoms. The standard InChI is InChI=1S/C23H19ClN4O4S/c1-32-21-10-8-20(9-11-21)28-15-19(14-25-28)26-23(29)16-2-6-18(7-3-16)27-33(30,31)22-12-4-17(24)5-13-22/h2-15,27H,1H3,(H,26,29). The third kappa shape index (κ3) is 5.33. The van der Waals surface area contributed by atoms with Gasteiger partial charge in [-0.2, -0.15) is 5.10 Å². The first-order valence-corrected chi connectivity index (χ1v) is 11.6. The summed E-state index contributed by atoms with van der Waals surface area (Å²) < 4.78 is 34.2. The van der Waals surface area contributed by atoms with E-state index >= 15 is 0 Å². The van der Waals surface area contributed by atoms with E-state index in [4.69, 9.17) is 16.3 Å². The van der Waals surface area contributed by atoms with Gasteiger partial charge in [0.1, 0.15) is 5.75 Å². The van der Waals surface area contributed by atoms with Crippen molar-refractivity contribution in [1.82, 2.24) is 9.78 Å². The van der Waals surface area contributed by atoms with Crippen molar-refractivity contribution in [3.63, 3.8) is 0 Å². The number of nitrogens with one attached hydrogen (secondary N) is 2. The number of anilines is 2. The Morgan fingerprint density at radius 2 is 1.61 bits per heavy atom. The molecule has 0 spiro atoms. The average molecular weight is 483 g/mol. The van der Waals surface area contributed by atoms with Crippen LogP contribution in [-0.4, -0.2) is 31.2 Å². The zero-order chi connectivity index (χ0) is 23.4. The number of carbonyl (C=O) groups is 1. The van der Waals surface area contributed by atoms with E-state index in [2.05, 4.69) is 15.1 Å². The van der Waals surface area contributed by atoms with Crippen molar-refractivity contribution in [2.45, 2.75) is 4.90 Å². The van der Waals surface area contributed by atoms with Gasteiger partial charge in [-0.3, -0.25) is 9.52 Å². The van der Waals surface area contributed by atoms with Gasteiger partial charge < -0.3 is 10.1 Å². The first-order valence-electron chi connectivity index (χ1n) is 9.73. The summed E-state index contributed by atoms with van der Waals surface area (Å²) in [5.74, 6) is 0.384. The minimum atomic E-state index is -3.77. The lowest BCUT2D eigenvalue weighted by atomic mass is 10.2. The molecule has 3 aromatic carbocycles. The summed E-state index contributed by atoms with van der Waals surface area (Å²) in [7, 11) is -2.17. The number of nitrogens with zero attached hydrogens (tertiary/aromatic N) is 2. The Balaban J connectivity index is 1.41. The van der Waals surface area contributed by atoms with E-state index in [1.807, 2.05) is 24.3 Å². The molecule has 10 heteroatoms. The molecule has 33 heavy (non-hydrogen) atoms. The number of halogens is 1. The van der Waals surface area contributed by atoms with Crippen LogP contribution >= 0.6 is 11.6 Å². The van der Waals surface area contributed by atoms with Crippen molar-refractivity contribution in [3.8, 4) is 11.4 Å². The molecule has 0 atom stereocenters. The Bertz CT molecular complexity index is 1370. The van der Waals surface area contributed by atoms with Crippen molar-refractivity contribution in [3.05, 3.63) is 95.8 Å². The van der Waals surface area contributed by atoms with E-state index in [9.17, 15) is 13.2 Å². The molecule has 0 fully saturated rings. The number of hydrogen-bond donors (Lipinski definition) is 2. The molecule has 0 aliphatic rings. The van der Waals surface area contributed by atoms with Gasteiger partial charge in [0.2, 0.25) is 0 Å². The quantitative estimate of drug-likeness (QED) is 0.401. The summed E-state index contributed by atoms with van der Waals surface area (Å²) in [4.78, 5) is 12.7. The Morgan fingerprint density at radius 3 is 2.24 bits per heavy atom. The molecule has 0 radical (unpaired) electrons. The average Bonchev–Trinajstić information content (AvgIpc) is 3.28. The first kappa shape index (κ1) is 22.4. The number of sulfonamides is 1. The zero-order valence-corrected chi connectivity index (χ0v) is 19.0. The van der Waals surface area contributed by atoms with Crippen LogP contribution in [0.1, 0.15) is 10.4 Å². The molecule has 2 N–H and O–H groups in total. The van der Waals surface area contributed by atoms with Crippen LogP contribution in [0, 0.1) is 0 Å². The minimum Gasteiger partial charge on any atom is -0.497 e. The van der Waals surface area contributed by atoms with Crippen LogP contribution in [0.15, 0.2) is 90.1 Å². The van der Waals surface area contributed by atoms with E-state index in [1.165, 1.54) is 54.7 Å². The summed E-state index contributed by atoms with van der Waals surface area (Å²) >= 11 is 5.81. The van der Waals surface area contributed by atoms with Crippen molar-refractivity contribution in [2.75, 3.05) is 17.1 Å². The Hall–Kier alpha value is -3.82. The predicted octanol–water partition coefficient (Wildman–Crippen LogP) is 4.59. The number of benzene rings is 3. The van der Waals surface area contributed by atoms with Crippen LogP contribution in [0.5, 0.6) is 5.75 Å². The SMILES string of the molecule is COc1ccc(-n2cc(NC(=O)c3ccc(NS(=O)(=O)c4ccc(Cl)cc4)cc3)cn2)cc1. The second-order valence-corrected chi connectivity index (χ2v) is 9.08. The van der Waals surface area contributed by atoms with Crippen LogP contribution in [0.2, 0.25) is 5.02 Å². The van der Waals surface area contributed by atoms with Gasteiger partial charge >= 0.3 is 0 Å². The number of methoxy groups -OCH3 is 1. The highest BCUT2D eigenvalue weighted by atomic mass is 35.5. The number of amides is 1. The van der Waals surface area contributed by atoms with Crippen molar-refractivity contribution in [1.29, 1.82) is 0 Å². The summed E-state index contributed by atoms with van der Waals surface area (Å²) in [6.07, 6.45) is 3.23. The fraction of sp³-hybridized carbons (Fsp3) is 0.0435. The van der Waals surface area contributed by atoms with Gasteiger partial charge in [0, 0.05) is 16.3 Å². The van der Waals surface area contributed by atoms with Gasteiger partial charge in [0.25, 0.3) is 15.9 Å². The molecule has 0 saturated heterocycles. The highest BCUT2D eigenvalue weighted by Gasteiger charge is 2.15. The Kier molecular flexibility index (Phi) is 6.34. The van der Waals surface area contributed by atoms with Crippen molar-refractivity contribution in [2.24, 2.45) is 0 Å². The minimum absolute atomic E-state index is 0.0857. The van der Waals surface area contributed by atoms with Gasteiger partial charge in [-0.15, -0.1) is 0 Å². The van der Waals surface area contributed by atoms with E-state index in [1.54, 1.807) is 18.0 Å². The molecule has 1 amide bonds. The van der Waals surface area contributed by atoms with E-state index in [0.717, 1.165) is 11.4 Å². The molecular weight excluding hydrogens is 464 g/mol. The number of rotatable bonds is 7. The summed E-state index contributed by atoms with van der Waals surface area (Å²) in [5, 5.41) is 7.47. The molecule has 4 rings (SSSR count). The highest BCUT2D eigenvalue weighted by molar-refractivity contribution is 7.92. The van der Waals surface area contributed by atoms with Crippen LogP contribution in [0.4, 0.5) is 11.4 Å². The molecule has 1 heterocycles. The fourth-order valence-electron chi connectivity index (χ4n) is 2.98. The second kappa shape index (κ2) is 9.35. The zero-order valence-electron chi connectivity index (χ0n) is 17.4. The summed E-state index contributed by atoms with van der Waals surface area (Å²) in [5.41, 5.74) is 2.02. The molecule has 0 aliphatic carbocycles. The molecular formula is C23H19ClN4O4S. The lowest BCUT2D eigenvalue weighted by Gasteiger charge is -2.09. The van der Waals surface area contributed by atoms with Crippen LogP contribution < -0.4 is 14.8 Å². The number of aromatic nitrogens is 2.